The van der Waals surface area contributed by atoms with Gasteiger partial charge < -0.3 is 15.6 Å². The van der Waals surface area contributed by atoms with Crippen LogP contribution in [0.5, 0.6) is 0 Å². The highest BCUT2D eigenvalue weighted by atomic mass is 16.5. The molecule has 1 amide bonds. The first-order valence-corrected chi connectivity index (χ1v) is 6.07. The maximum Gasteiger partial charge on any atom is 0.292 e. The van der Waals surface area contributed by atoms with Gasteiger partial charge in [-0.1, -0.05) is 24.4 Å². The molecule has 1 aromatic heterocycles. The molecule has 1 fully saturated rings. The summed E-state index contributed by atoms with van der Waals surface area (Å²) in [6.07, 6.45) is 5.00. The maximum atomic E-state index is 11.5. The zero-order valence-electron chi connectivity index (χ0n) is 10.0. The zero-order valence-corrected chi connectivity index (χ0v) is 10.0. The Morgan fingerprint density at radius 2 is 2.18 bits per heavy atom. The molecule has 94 valence electrons. The Morgan fingerprint density at radius 3 is 2.82 bits per heavy atom. The molecule has 1 aliphatic rings. The van der Waals surface area contributed by atoms with Crippen molar-refractivity contribution in [3.8, 4) is 0 Å². The second-order valence-electron chi connectivity index (χ2n) is 4.50. The molecule has 0 saturated heterocycles. The summed E-state index contributed by atoms with van der Waals surface area (Å²) in [7, 11) is 0. The summed E-state index contributed by atoms with van der Waals surface area (Å²) in [4.78, 5) is 15.6. The van der Waals surface area contributed by atoms with Gasteiger partial charge in [-0.15, -0.1) is 0 Å². The molecule has 1 saturated carbocycles. The van der Waals surface area contributed by atoms with E-state index < -0.39 is 5.54 Å². The minimum atomic E-state index is -0.546. The summed E-state index contributed by atoms with van der Waals surface area (Å²) in [6.45, 7) is 2.38. The predicted molar refractivity (Wildman–Crippen MR) is 61.3 cm³/mol. The fourth-order valence-electron chi connectivity index (χ4n) is 2.15. The van der Waals surface area contributed by atoms with Crippen molar-refractivity contribution < 1.29 is 9.32 Å². The van der Waals surface area contributed by atoms with Crippen molar-refractivity contribution in [2.24, 2.45) is 5.73 Å². The predicted octanol–water partition coefficient (Wildman–Crippen LogP) is 0.937. The topological polar surface area (TPSA) is 94.0 Å². The lowest BCUT2D eigenvalue weighted by Crippen LogP contribution is -2.39. The highest BCUT2D eigenvalue weighted by Gasteiger charge is 2.35. The van der Waals surface area contributed by atoms with Crippen LogP contribution in [0, 0.1) is 0 Å². The van der Waals surface area contributed by atoms with Crippen LogP contribution < -0.4 is 11.1 Å². The van der Waals surface area contributed by atoms with Gasteiger partial charge >= 0.3 is 0 Å². The molecule has 17 heavy (non-hydrogen) atoms. The molecule has 0 radical (unpaired) electrons. The van der Waals surface area contributed by atoms with Gasteiger partial charge in [0.25, 0.3) is 11.7 Å². The average molecular weight is 238 g/mol. The summed E-state index contributed by atoms with van der Waals surface area (Å²) in [5.74, 6) is 0.137. The van der Waals surface area contributed by atoms with Gasteiger partial charge in [0, 0.05) is 6.54 Å². The van der Waals surface area contributed by atoms with E-state index in [4.69, 9.17) is 10.3 Å². The van der Waals surface area contributed by atoms with Gasteiger partial charge in [-0.3, -0.25) is 4.79 Å². The lowest BCUT2D eigenvalue weighted by Gasteiger charge is -2.29. The summed E-state index contributed by atoms with van der Waals surface area (Å²) < 4.78 is 5.13. The van der Waals surface area contributed by atoms with E-state index >= 15 is 0 Å². The highest BCUT2D eigenvalue weighted by molar-refractivity contribution is 5.90. The number of hydrogen-bond donors (Lipinski definition) is 2. The molecule has 0 aliphatic heterocycles. The number of carbonyl (C=O) groups is 1. The fraction of sp³-hybridized carbons (Fsp3) is 0.727. The third-order valence-electron chi connectivity index (χ3n) is 3.14. The number of carbonyl (C=O) groups excluding carboxylic acids is 1. The maximum absolute atomic E-state index is 11.5. The summed E-state index contributed by atoms with van der Waals surface area (Å²) in [5, 5.41) is 6.30. The van der Waals surface area contributed by atoms with Crippen LogP contribution in [0.4, 0.5) is 0 Å². The Labute approximate surface area is 99.9 Å². The lowest BCUT2D eigenvalue weighted by atomic mass is 9.82. The molecule has 0 aromatic carbocycles. The van der Waals surface area contributed by atoms with Crippen LogP contribution in [-0.4, -0.2) is 22.6 Å². The van der Waals surface area contributed by atoms with Gasteiger partial charge in [0.2, 0.25) is 5.89 Å². The molecule has 6 heteroatoms. The van der Waals surface area contributed by atoms with Crippen LogP contribution in [0.15, 0.2) is 4.52 Å². The first kappa shape index (κ1) is 12.0. The number of nitrogens with zero attached hydrogens (tertiary/aromatic N) is 2. The van der Waals surface area contributed by atoms with Crippen molar-refractivity contribution >= 4 is 5.91 Å². The molecule has 2 rings (SSSR count). The number of nitrogens with one attached hydrogen (secondary N) is 1. The first-order chi connectivity index (χ1) is 8.15. The van der Waals surface area contributed by atoms with Gasteiger partial charge in [0.15, 0.2) is 0 Å². The molecule has 1 heterocycles. The van der Waals surface area contributed by atoms with E-state index in [1.54, 1.807) is 0 Å². The molecule has 0 atom stereocenters. The van der Waals surface area contributed by atoms with Gasteiger partial charge in [-0.2, -0.15) is 4.98 Å². The molecule has 0 unspecified atom stereocenters. The number of hydrogen-bond acceptors (Lipinski definition) is 5. The number of rotatable bonds is 3. The van der Waals surface area contributed by atoms with Gasteiger partial charge in [-0.05, 0) is 19.8 Å². The number of nitrogens with two attached hydrogens (primary N) is 1. The van der Waals surface area contributed by atoms with Gasteiger partial charge in [-0.25, -0.2) is 0 Å². The summed E-state index contributed by atoms with van der Waals surface area (Å²) >= 11 is 0. The van der Waals surface area contributed by atoms with E-state index in [0.29, 0.717) is 12.4 Å². The third-order valence-corrected chi connectivity index (χ3v) is 3.14. The quantitative estimate of drug-likeness (QED) is 0.817. The van der Waals surface area contributed by atoms with Gasteiger partial charge in [0.05, 0.1) is 5.54 Å². The largest absolute Gasteiger partial charge is 0.349 e. The van der Waals surface area contributed by atoms with Crippen LogP contribution >= 0.6 is 0 Å². The van der Waals surface area contributed by atoms with Crippen LogP contribution in [-0.2, 0) is 5.54 Å². The molecule has 1 aromatic rings. The van der Waals surface area contributed by atoms with E-state index in [9.17, 15) is 4.79 Å². The van der Waals surface area contributed by atoms with E-state index in [-0.39, 0.29) is 11.7 Å². The molecular formula is C11H18N4O2. The number of aromatic nitrogens is 2. The number of amides is 1. The molecule has 0 spiro atoms. The monoisotopic (exact) mass is 238 g/mol. The lowest BCUT2D eigenvalue weighted by molar-refractivity contribution is 0.0942. The minimum absolute atomic E-state index is 0.0669. The molecule has 0 bridgehead atoms. The van der Waals surface area contributed by atoms with Crippen molar-refractivity contribution in [3.63, 3.8) is 0 Å². The van der Waals surface area contributed by atoms with E-state index in [2.05, 4.69) is 15.5 Å². The zero-order chi connectivity index (χ0) is 12.3. The third kappa shape index (κ3) is 2.46. The van der Waals surface area contributed by atoms with E-state index in [1.807, 2.05) is 6.92 Å². The van der Waals surface area contributed by atoms with E-state index in [1.165, 1.54) is 6.42 Å². The smallest absolute Gasteiger partial charge is 0.292 e. The van der Waals surface area contributed by atoms with Crippen LogP contribution in [0.25, 0.3) is 0 Å². The molecular weight excluding hydrogens is 220 g/mol. The Morgan fingerprint density at radius 1 is 1.47 bits per heavy atom. The fourth-order valence-corrected chi connectivity index (χ4v) is 2.15. The summed E-state index contributed by atoms with van der Waals surface area (Å²) in [6, 6.07) is 0. The van der Waals surface area contributed by atoms with Crippen LogP contribution in [0.1, 0.15) is 55.5 Å². The van der Waals surface area contributed by atoms with Crippen LogP contribution in [0.2, 0.25) is 0 Å². The normalized spacial score (nSPS) is 18.9. The summed E-state index contributed by atoms with van der Waals surface area (Å²) in [5.41, 5.74) is 5.69. The van der Waals surface area contributed by atoms with Crippen molar-refractivity contribution in [2.45, 2.75) is 44.6 Å². The van der Waals surface area contributed by atoms with Crippen molar-refractivity contribution in [1.82, 2.24) is 15.5 Å². The second kappa shape index (κ2) is 4.83. The Bertz CT molecular complexity index is 396. The Balaban J connectivity index is 2.14. The SMILES string of the molecule is CCNC(=O)c1noc(C2(N)CCCCC2)n1. The standard InChI is InChI=1S/C11H18N4O2/c1-2-13-9(16)8-14-10(17-15-8)11(12)6-4-3-5-7-11/h2-7,12H2,1H3,(H,13,16). The van der Waals surface area contributed by atoms with Crippen LogP contribution in [0.3, 0.4) is 0 Å². The van der Waals surface area contributed by atoms with Crippen molar-refractivity contribution in [1.29, 1.82) is 0 Å². The van der Waals surface area contributed by atoms with Gasteiger partial charge in [0.1, 0.15) is 0 Å². The second-order valence-corrected chi connectivity index (χ2v) is 4.50. The Kier molecular flexibility index (Phi) is 3.42. The first-order valence-electron chi connectivity index (χ1n) is 6.07. The molecule has 1 aliphatic carbocycles. The van der Waals surface area contributed by atoms with Crippen molar-refractivity contribution in [3.05, 3.63) is 11.7 Å². The van der Waals surface area contributed by atoms with Crippen molar-refractivity contribution in [2.75, 3.05) is 6.54 Å². The minimum Gasteiger partial charge on any atom is -0.349 e. The average Bonchev–Trinajstić information content (AvgIpc) is 2.80. The Hall–Kier alpha value is -1.43. The highest BCUT2D eigenvalue weighted by Crippen LogP contribution is 2.33. The molecule has 3 N–H and O–H groups in total. The molecule has 6 nitrogen and oxygen atoms in total. The van der Waals surface area contributed by atoms with E-state index in [0.717, 1.165) is 25.7 Å².